The fourth-order valence-corrected chi connectivity index (χ4v) is 5.15. The van der Waals surface area contributed by atoms with Crippen LogP contribution < -0.4 is 0 Å². The molecule has 5 nitrogen and oxygen atoms in total. The van der Waals surface area contributed by atoms with Gasteiger partial charge in [-0.1, -0.05) is 19.8 Å². The molecule has 1 aliphatic heterocycles. The van der Waals surface area contributed by atoms with Gasteiger partial charge in [0, 0.05) is 5.92 Å². The van der Waals surface area contributed by atoms with Crippen molar-refractivity contribution in [2.75, 3.05) is 13.2 Å². The summed E-state index contributed by atoms with van der Waals surface area (Å²) in [5, 5.41) is 0. The highest BCUT2D eigenvalue weighted by Gasteiger charge is 2.58. The first kappa shape index (κ1) is 17.7. The Labute approximate surface area is 121 Å². The van der Waals surface area contributed by atoms with E-state index in [0.717, 1.165) is 19.3 Å². The van der Waals surface area contributed by atoms with E-state index in [2.05, 4.69) is 6.92 Å². The van der Waals surface area contributed by atoms with Gasteiger partial charge >= 0.3 is 13.6 Å². The van der Waals surface area contributed by atoms with Crippen LogP contribution in [0.25, 0.3) is 0 Å². The largest absolute Gasteiger partial charge is 0.459 e. The minimum absolute atomic E-state index is 0.140. The molecular weight excluding hydrogens is 279 g/mol. The Bertz CT molecular complexity index is 370. The molecule has 0 unspecified atom stereocenters. The van der Waals surface area contributed by atoms with Gasteiger partial charge in [-0.2, -0.15) is 0 Å². The molecule has 1 saturated heterocycles. The van der Waals surface area contributed by atoms with Crippen LogP contribution in [0.2, 0.25) is 0 Å². The maximum atomic E-state index is 12.9. The summed E-state index contributed by atoms with van der Waals surface area (Å²) < 4.78 is 29.1. The van der Waals surface area contributed by atoms with Crippen LogP contribution in [0.4, 0.5) is 0 Å². The van der Waals surface area contributed by atoms with E-state index in [1.807, 2.05) is 13.8 Å². The van der Waals surface area contributed by atoms with Gasteiger partial charge < -0.3 is 13.8 Å². The summed E-state index contributed by atoms with van der Waals surface area (Å²) in [5.41, 5.74) is -1.43. The average molecular weight is 306 g/mol. The van der Waals surface area contributed by atoms with E-state index in [1.165, 1.54) is 0 Å². The van der Waals surface area contributed by atoms with Crippen molar-refractivity contribution in [2.24, 2.45) is 5.92 Å². The third kappa shape index (κ3) is 3.63. The second kappa shape index (κ2) is 7.06. The molecule has 0 spiro atoms. The molecule has 1 fully saturated rings. The highest BCUT2D eigenvalue weighted by molar-refractivity contribution is 7.55. The molecule has 1 rings (SSSR count). The predicted octanol–water partition coefficient (Wildman–Crippen LogP) is 3.76. The van der Waals surface area contributed by atoms with Crippen molar-refractivity contribution < 1.29 is 23.1 Å². The van der Waals surface area contributed by atoms with Gasteiger partial charge in [0.15, 0.2) is 5.66 Å². The second-order valence-electron chi connectivity index (χ2n) is 5.59. The zero-order chi connectivity index (χ0) is 15.4. The Hall–Kier alpha value is -0.380. The van der Waals surface area contributed by atoms with E-state index in [1.54, 1.807) is 13.8 Å². The van der Waals surface area contributed by atoms with E-state index in [4.69, 9.17) is 13.8 Å². The van der Waals surface area contributed by atoms with Crippen molar-refractivity contribution >= 4 is 13.6 Å². The number of carbonyl (C=O) groups excluding carboxylic acids is 1. The van der Waals surface area contributed by atoms with Crippen LogP contribution in [0, 0.1) is 5.92 Å². The second-order valence-corrected chi connectivity index (χ2v) is 7.75. The number of unbranched alkanes of at least 4 members (excludes halogenated alkanes) is 1. The van der Waals surface area contributed by atoms with Gasteiger partial charge in [0.1, 0.15) is 5.60 Å². The van der Waals surface area contributed by atoms with E-state index in [-0.39, 0.29) is 19.1 Å². The summed E-state index contributed by atoms with van der Waals surface area (Å²) in [5.74, 6) is -0.597. The molecule has 0 aromatic heterocycles. The smallest absolute Gasteiger partial charge is 0.345 e. The zero-order valence-corrected chi connectivity index (χ0v) is 14.1. The summed E-state index contributed by atoms with van der Waals surface area (Å²) in [4.78, 5) is 12.2. The minimum Gasteiger partial charge on any atom is -0.459 e. The number of ether oxygens (including phenoxy) is 1. The normalized spacial score (nSPS) is 25.8. The number of esters is 1. The van der Waals surface area contributed by atoms with Crippen LogP contribution in [0.15, 0.2) is 0 Å². The first-order chi connectivity index (χ1) is 9.32. The van der Waals surface area contributed by atoms with Gasteiger partial charge in [-0.3, -0.25) is 9.36 Å². The zero-order valence-electron chi connectivity index (χ0n) is 13.2. The molecule has 2 atom stereocenters. The van der Waals surface area contributed by atoms with E-state index < -0.39 is 24.8 Å². The SMILES string of the molecule is CCCC[C@@H]1[C@@H](P(=O)(OCC)OCC)C(=O)OC1(C)C. The number of hydrogen-bond acceptors (Lipinski definition) is 5. The third-order valence-corrected chi connectivity index (χ3v) is 6.19. The van der Waals surface area contributed by atoms with Crippen LogP contribution in [0.3, 0.4) is 0 Å². The maximum absolute atomic E-state index is 12.9. The van der Waals surface area contributed by atoms with Gasteiger partial charge in [0.2, 0.25) is 0 Å². The average Bonchev–Trinajstić information content (AvgIpc) is 2.56. The number of cyclic esters (lactones) is 1. The highest BCUT2D eigenvalue weighted by atomic mass is 31.2. The van der Waals surface area contributed by atoms with Gasteiger partial charge in [-0.15, -0.1) is 0 Å². The molecular formula is C14H27O5P. The van der Waals surface area contributed by atoms with E-state index >= 15 is 0 Å². The van der Waals surface area contributed by atoms with Crippen molar-refractivity contribution in [1.29, 1.82) is 0 Å². The number of carbonyl (C=O) groups is 1. The maximum Gasteiger partial charge on any atom is 0.345 e. The van der Waals surface area contributed by atoms with E-state index in [0.29, 0.717) is 0 Å². The fraction of sp³-hybridized carbons (Fsp3) is 0.929. The predicted molar refractivity (Wildman–Crippen MR) is 77.8 cm³/mol. The van der Waals surface area contributed by atoms with Crippen LogP contribution in [-0.4, -0.2) is 30.4 Å². The minimum atomic E-state index is -3.47. The monoisotopic (exact) mass is 306 g/mol. The summed E-state index contributed by atoms with van der Waals surface area (Å²) in [6.07, 6.45) is 2.75. The molecule has 118 valence electrons. The van der Waals surface area contributed by atoms with Crippen molar-refractivity contribution in [3.63, 3.8) is 0 Å². The van der Waals surface area contributed by atoms with Crippen molar-refractivity contribution in [3.05, 3.63) is 0 Å². The third-order valence-electron chi connectivity index (χ3n) is 3.71. The van der Waals surface area contributed by atoms with Gasteiger partial charge in [-0.05, 0) is 34.1 Å². The van der Waals surface area contributed by atoms with Gasteiger partial charge in [0.25, 0.3) is 0 Å². The highest BCUT2D eigenvalue weighted by Crippen LogP contribution is 2.61. The van der Waals surface area contributed by atoms with Crippen LogP contribution in [0.5, 0.6) is 0 Å². The summed E-state index contributed by atoms with van der Waals surface area (Å²) in [6, 6.07) is 0. The fourth-order valence-electron chi connectivity index (χ4n) is 2.78. The molecule has 0 aliphatic carbocycles. The molecule has 6 heteroatoms. The lowest BCUT2D eigenvalue weighted by Crippen LogP contribution is -2.33. The standard InChI is InChI=1S/C14H27O5P/c1-6-9-10-11-12(13(15)19-14(11,4)5)20(16,17-7-2)18-8-3/h11-12H,6-10H2,1-5H3/t11-,12-/m1/s1. The Morgan fingerprint density at radius 3 is 2.20 bits per heavy atom. The first-order valence-corrected chi connectivity index (χ1v) is 9.05. The topological polar surface area (TPSA) is 61.8 Å². The number of rotatable bonds is 8. The van der Waals surface area contributed by atoms with E-state index in [9.17, 15) is 9.36 Å². The molecule has 0 amide bonds. The summed E-state index contributed by atoms with van der Waals surface area (Å²) >= 11 is 0. The van der Waals surface area contributed by atoms with Gasteiger partial charge in [0.05, 0.1) is 13.2 Å². The van der Waals surface area contributed by atoms with Crippen molar-refractivity contribution in [1.82, 2.24) is 0 Å². The Morgan fingerprint density at radius 2 is 1.75 bits per heavy atom. The summed E-state index contributed by atoms with van der Waals surface area (Å²) in [6.45, 7) is 9.82. The summed E-state index contributed by atoms with van der Waals surface area (Å²) in [7, 11) is -3.47. The molecule has 0 saturated carbocycles. The van der Waals surface area contributed by atoms with Crippen LogP contribution >= 0.6 is 7.60 Å². The molecule has 0 N–H and O–H groups in total. The number of hydrogen-bond donors (Lipinski definition) is 0. The van der Waals surface area contributed by atoms with Crippen molar-refractivity contribution in [2.45, 2.75) is 65.1 Å². The van der Waals surface area contributed by atoms with Gasteiger partial charge in [-0.25, -0.2) is 0 Å². The lowest BCUT2D eigenvalue weighted by molar-refractivity contribution is -0.146. The Kier molecular flexibility index (Phi) is 6.24. The first-order valence-electron chi connectivity index (χ1n) is 7.44. The molecule has 0 radical (unpaired) electrons. The lowest BCUT2D eigenvalue weighted by Gasteiger charge is -2.29. The molecule has 0 aromatic rings. The van der Waals surface area contributed by atoms with Crippen LogP contribution in [-0.2, 0) is 23.1 Å². The quantitative estimate of drug-likeness (QED) is 0.504. The molecule has 20 heavy (non-hydrogen) atoms. The molecule has 1 heterocycles. The molecule has 0 aromatic carbocycles. The molecule has 0 bridgehead atoms. The Morgan fingerprint density at radius 1 is 1.20 bits per heavy atom. The lowest BCUT2D eigenvalue weighted by atomic mass is 9.86. The van der Waals surface area contributed by atoms with Crippen molar-refractivity contribution in [3.8, 4) is 0 Å². The molecule has 1 aliphatic rings. The van der Waals surface area contributed by atoms with Crippen LogP contribution in [0.1, 0.15) is 53.9 Å². The Balaban J connectivity index is 3.08.